The van der Waals surface area contributed by atoms with Crippen LogP contribution < -0.4 is 11.1 Å². The van der Waals surface area contributed by atoms with Gasteiger partial charge in [0.05, 0.1) is 16.3 Å². The minimum atomic E-state index is 0.436. The summed E-state index contributed by atoms with van der Waals surface area (Å²) < 4.78 is 0. The lowest BCUT2D eigenvalue weighted by atomic mass is 10.2. The maximum Gasteiger partial charge on any atom is 0.103 e. The van der Waals surface area contributed by atoms with Gasteiger partial charge in [-0.05, 0) is 36.4 Å². The fraction of sp³-hybridized carbons (Fsp3) is 0. The number of nitrogens with two attached hydrogens (primary N) is 1. The third kappa shape index (κ3) is 2.49. The highest BCUT2D eigenvalue weighted by Crippen LogP contribution is 2.26. The van der Waals surface area contributed by atoms with Crippen LogP contribution in [-0.4, -0.2) is 0 Å². The zero-order valence-corrected chi connectivity index (χ0v) is 9.70. The van der Waals surface area contributed by atoms with Crippen LogP contribution in [0.1, 0.15) is 5.56 Å². The standard InChI is InChI=1S/C13H10ClN3/c14-12-2-1-3-13(11(12)8-15)17-10-6-4-9(16)5-7-10/h1-7,17H,16H2. The zero-order valence-electron chi connectivity index (χ0n) is 8.94. The summed E-state index contributed by atoms with van der Waals surface area (Å²) >= 11 is 5.94. The third-order valence-electron chi connectivity index (χ3n) is 2.32. The number of benzene rings is 2. The van der Waals surface area contributed by atoms with E-state index >= 15 is 0 Å². The molecule has 3 N–H and O–H groups in total. The van der Waals surface area contributed by atoms with E-state index in [1.54, 1.807) is 30.3 Å². The first-order valence-electron chi connectivity index (χ1n) is 5.02. The van der Waals surface area contributed by atoms with Gasteiger partial charge in [-0.1, -0.05) is 17.7 Å². The van der Waals surface area contributed by atoms with E-state index in [1.807, 2.05) is 12.1 Å². The van der Waals surface area contributed by atoms with Crippen molar-refractivity contribution in [1.82, 2.24) is 0 Å². The molecule has 0 aromatic heterocycles. The van der Waals surface area contributed by atoms with E-state index in [9.17, 15) is 0 Å². The lowest BCUT2D eigenvalue weighted by Crippen LogP contribution is -1.94. The molecular weight excluding hydrogens is 234 g/mol. The Balaban J connectivity index is 2.34. The Bertz CT molecular complexity index is 570. The van der Waals surface area contributed by atoms with Gasteiger partial charge in [0.15, 0.2) is 0 Å². The average molecular weight is 244 g/mol. The molecule has 84 valence electrons. The van der Waals surface area contributed by atoms with Crippen molar-refractivity contribution in [2.45, 2.75) is 0 Å². The molecule has 0 fully saturated rings. The lowest BCUT2D eigenvalue weighted by molar-refractivity contribution is 1.46. The minimum absolute atomic E-state index is 0.436. The van der Waals surface area contributed by atoms with Gasteiger partial charge in [-0.2, -0.15) is 5.26 Å². The molecule has 2 rings (SSSR count). The Morgan fingerprint density at radius 1 is 1.12 bits per heavy atom. The molecule has 0 spiro atoms. The van der Waals surface area contributed by atoms with Crippen LogP contribution in [0.3, 0.4) is 0 Å². The molecule has 17 heavy (non-hydrogen) atoms. The number of halogens is 1. The van der Waals surface area contributed by atoms with Crippen LogP contribution in [0.25, 0.3) is 0 Å². The van der Waals surface area contributed by atoms with E-state index in [0.717, 1.165) is 5.69 Å². The van der Waals surface area contributed by atoms with Crippen LogP contribution in [0.2, 0.25) is 5.02 Å². The fourth-order valence-corrected chi connectivity index (χ4v) is 1.68. The lowest BCUT2D eigenvalue weighted by Gasteiger charge is -2.09. The van der Waals surface area contributed by atoms with Gasteiger partial charge in [0.2, 0.25) is 0 Å². The molecule has 0 aliphatic carbocycles. The first kappa shape index (κ1) is 11.3. The second kappa shape index (κ2) is 4.77. The van der Waals surface area contributed by atoms with E-state index in [1.165, 1.54) is 0 Å². The molecule has 0 heterocycles. The minimum Gasteiger partial charge on any atom is -0.399 e. The maximum atomic E-state index is 9.03. The highest BCUT2D eigenvalue weighted by atomic mass is 35.5. The van der Waals surface area contributed by atoms with Gasteiger partial charge < -0.3 is 11.1 Å². The first-order valence-corrected chi connectivity index (χ1v) is 5.39. The largest absolute Gasteiger partial charge is 0.399 e. The van der Waals surface area contributed by atoms with E-state index in [-0.39, 0.29) is 0 Å². The topological polar surface area (TPSA) is 61.8 Å². The van der Waals surface area contributed by atoms with Crippen molar-refractivity contribution in [1.29, 1.82) is 5.26 Å². The highest BCUT2D eigenvalue weighted by Gasteiger charge is 2.05. The summed E-state index contributed by atoms with van der Waals surface area (Å²) in [7, 11) is 0. The van der Waals surface area contributed by atoms with Gasteiger partial charge in [-0.3, -0.25) is 0 Å². The summed E-state index contributed by atoms with van der Waals surface area (Å²) in [6, 6.07) is 14.6. The number of nitrogens with one attached hydrogen (secondary N) is 1. The van der Waals surface area contributed by atoms with Crippen molar-refractivity contribution in [3.05, 3.63) is 53.1 Å². The molecule has 0 aliphatic heterocycles. The van der Waals surface area contributed by atoms with Crippen molar-refractivity contribution in [2.24, 2.45) is 0 Å². The van der Waals surface area contributed by atoms with Crippen LogP contribution in [0.15, 0.2) is 42.5 Å². The van der Waals surface area contributed by atoms with E-state index in [4.69, 9.17) is 22.6 Å². The molecule has 0 saturated carbocycles. The maximum absolute atomic E-state index is 9.03. The Morgan fingerprint density at radius 3 is 2.47 bits per heavy atom. The second-order valence-corrected chi connectivity index (χ2v) is 3.93. The smallest absolute Gasteiger partial charge is 0.103 e. The molecule has 2 aromatic rings. The summed E-state index contributed by atoms with van der Waals surface area (Å²) in [5, 5.41) is 12.6. The Hall–Kier alpha value is -2.18. The number of nitrogen functional groups attached to an aromatic ring is 1. The van der Waals surface area contributed by atoms with Crippen LogP contribution in [-0.2, 0) is 0 Å². The van der Waals surface area contributed by atoms with Crippen molar-refractivity contribution in [3.8, 4) is 6.07 Å². The summed E-state index contributed by atoms with van der Waals surface area (Å²) in [5.74, 6) is 0. The van der Waals surface area contributed by atoms with Gasteiger partial charge in [-0.15, -0.1) is 0 Å². The SMILES string of the molecule is N#Cc1c(Cl)cccc1Nc1ccc(N)cc1. The van der Waals surface area contributed by atoms with Crippen LogP contribution >= 0.6 is 11.6 Å². The molecule has 2 aromatic carbocycles. The summed E-state index contributed by atoms with van der Waals surface area (Å²) in [5.41, 5.74) is 8.28. The zero-order chi connectivity index (χ0) is 12.3. The fourth-order valence-electron chi connectivity index (χ4n) is 1.46. The molecule has 0 saturated heterocycles. The van der Waals surface area contributed by atoms with Gasteiger partial charge in [0.25, 0.3) is 0 Å². The molecule has 3 nitrogen and oxygen atoms in total. The number of anilines is 3. The molecule has 0 aliphatic rings. The van der Waals surface area contributed by atoms with Crippen LogP contribution in [0.5, 0.6) is 0 Å². The summed E-state index contributed by atoms with van der Waals surface area (Å²) in [6.45, 7) is 0. The van der Waals surface area contributed by atoms with Gasteiger partial charge >= 0.3 is 0 Å². The molecule has 0 atom stereocenters. The number of nitriles is 1. The average Bonchev–Trinajstić information content (AvgIpc) is 2.32. The molecule has 0 bridgehead atoms. The Morgan fingerprint density at radius 2 is 1.82 bits per heavy atom. The third-order valence-corrected chi connectivity index (χ3v) is 2.63. The highest BCUT2D eigenvalue weighted by molar-refractivity contribution is 6.32. The monoisotopic (exact) mass is 243 g/mol. The molecule has 0 radical (unpaired) electrons. The summed E-state index contributed by atoms with van der Waals surface area (Å²) in [4.78, 5) is 0. The van der Waals surface area contributed by atoms with Crippen LogP contribution in [0.4, 0.5) is 17.1 Å². The second-order valence-electron chi connectivity index (χ2n) is 3.52. The van der Waals surface area contributed by atoms with E-state index < -0.39 is 0 Å². The Kier molecular flexibility index (Phi) is 3.17. The number of rotatable bonds is 2. The van der Waals surface area contributed by atoms with Gasteiger partial charge in [-0.25, -0.2) is 0 Å². The number of nitrogens with zero attached hydrogens (tertiary/aromatic N) is 1. The van der Waals surface area contributed by atoms with E-state index in [0.29, 0.717) is 22.0 Å². The van der Waals surface area contributed by atoms with Gasteiger partial charge in [0.1, 0.15) is 6.07 Å². The number of hydrogen-bond acceptors (Lipinski definition) is 3. The van der Waals surface area contributed by atoms with Crippen molar-refractivity contribution >= 4 is 28.7 Å². The molecule has 4 heteroatoms. The van der Waals surface area contributed by atoms with Crippen molar-refractivity contribution in [3.63, 3.8) is 0 Å². The molecular formula is C13H10ClN3. The Labute approximate surface area is 104 Å². The summed E-state index contributed by atoms with van der Waals surface area (Å²) in [6.07, 6.45) is 0. The van der Waals surface area contributed by atoms with E-state index in [2.05, 4.69) is 11.4 Å². The van der Waals surface area contributed by atoms with Crippen LogP contribution in [0, 0.1) is 11.3 Å². The van der Waals surface area contributed by atoms with Gasteiger partial charge in [0, 0.05) is 11.4 Å². The number of hydrogen-bond donors (Lipinski definition) is 2. The predicted octanol–water partition coefficient (Wildman–Crippen LogP) is 3.54. The normalized spacial score (nSPS) is 9.65. The first-order chi connectivity index (χ1) is 8.20. The molecule has 0 amide bonds. The van der Waals surface area contributed by atoms with Crippen molar-refractivity contribution < 1.29 is 0 Å². The van der Waals surface area contributed by atoms with Crippen molar-refractivity contribution in [2.75, 3.05) is 11.1 Å². The predicted molar refractivity (Wildman–Crippen MR) is 70.3 cm³/mol. The molecule has 0 unspecified atom stereocenters. The quantitative estimate of drug-likeness (QED) is 0.793.